The number of carbonyl (C=O) groups excluding carboxylic acids is 1. The number of benzene rings is 1. The Hall–Kier alpha value is -1.35. The molecule has 3 heteroatoms. The fourth-order valence-corrected chi connectivity index (χ4v) is 2.22. The molecular weight excluding hydrogens is 212 g/mol. The number of amides is 1. The Morgan fingerprint density at radius 3 is 2.41 bits per heavy atom. The predicted molar refractivity (Wildman–Crippen MR) is 68.7 cm³/mol. The van der Waals surface area contributed by atoms with Gasteiger partial charge in [-0.25, -0.2) is 0 Å². The van der Waals surface area contributed by atoms with Crippen LogP contribution in [0.25, 0.3) is 0 Å². The highest BCUT2D eigenvalue weighted by molar-refractivity contribution is 5.94. The molecule has 1 aromatic rings. The molecule has 3 nitrogen and oxygen atoms in total. The van der Waals surface area contributed by atoms with E-state index in [2.05, 4.69) is 6.92 Å². The van der Waals surface area contributed by atoms with Crippen molar-refractivity contribution in [1.29, 1.82) is 0 Å². The lowest BCUT2D eigenvalue weighted by molar-refractivity contribution is 0.0617. The molecule has 0 bridgehead atoms. The number of rotatable bonds is 2. The van der Waals surface area contributed by atoms with Gasteiger partial charge in [-0.05, 0) is 36.9 Å². The van der Waals surface area contributed by atoms with Crippen LogP contribution >= 0.6 is 0 Å². The van der Waals surface area contributed by atoms with Crippen LogP contribution in [0.2, 0.25) is 0 Å². The van der Waals surface area contributed by atoms with Gasteiger partial charge >= 0.3 is 0 Å². The summed E-state index contributed by atoms with van der Waals surface area (Å²) in [7, 11) is 0. The molecule has 0 spiro atoms. The second-order valence-corrected chi connectivity index (χ2v) is 5.17. The predicted octanol–water partition coefficient (Wildman–Crippen LogP) is 1.89. The van der Waals surface area contributed by atoms with Crippen molar-refractivity contribution in [2.45, 2.75) is 19.8 Å². The van der Waals surface area contributed by atoms with Gasteiger partial charge in [0, 0.05) is 18.7 Å². The summed E-state index contributed by atoms with van der Waals surface area (Å²) in [6, 6.07) is 9.49. The first-order valence-corrected chi connectivity index (χ1v) is 6.19. The third kappa shape index (κ3) is 2.67. The van der Waals surface area contributed by atoms with Gasteiger partial charge in [-0.2, -0.15) is 0 Å². The average Bonchev–Trinajstić information content (AvgIpc) is 2.40. The zero-order valence-electron chi connectivity index (χ0n) is 10.4. The first-order valence-electron chi connectivity index (χ1n) is 6.19. The van der Waals surface area contributed by atoms with Crippen LogP contribution in [0.15, 0.2) is 30.3 Å². The summed E-state index contributed by atoms with van der Waals surface area (Å²) in [5, 5.41) is 0. The molecule has 17 heavy (non-hydrogen) atoms. The fraction of sp³-hybridized carbons (Fsp3) is 0.500. The van der Waals surface area contributed by atoms with Gasteiger partial charge in [0.05, 0.1) is 0 Å². The van der Waals surface area contributed by atoms with E-state index in [1.807, 2.05) is 35.2 Å². The topological polar surface area (TPSA) is 46.3 Å². The van der Waals surface area contributed by atoms with Crippen LogP contribution in [0.4, 0.5) is 0 Å². The summed E-state index contributed by atoms with van der Waals surface area (Å²) in [6.45, 7) is 4.56. The lowest BCUT2D eigenvalue weighted by Gasteiger charge is -2.38. The van der Waals surface area contributed by atoms with Crippen molar-refractivity contribution in [3.05, 3.63) is 35.9 Å². The highest BCUT2D eigenvalue weighted by Crippen LogP contribution is 2.29. The molecule has 1 aliphatic heterocycles. The second kappa shape index (κ2) is 4.88. The minimum atomic E-state index is 0.143. The SMILES string of the molecule is CC1(CN)CCN(C(=O)c2ccccc2)CC1. The van der Waals surface area contributed by atoms with E-state index >= 15 is 0 Å². The number of hydrogen-bond donors (Lipinski definition) is 1. The van der Waals surface area contributed by atoms with Gasteiger partial charge < -0.3 is 10.6 Å². The van der Waals surface area contributed by atoms with Crippen molar-refractivity contribution in [3.8, 4) is 0 Å². The van der Waals surface area contributed by atoms with Crippen LogP contribution in [0.5, 0.6) is 0 Å². The molecule has 1 heterocycles. The summed E-state index contributed by atoms with van der Waals surface area (Å²) in [5.41, 5.74) is 6.76. The number of hydrogen-bond acceptors (Lipinski definition) is 2. The average molecular weight is 232 g/mol. The van der Waals surface area contributed by atoms with Crippen molar-refractivity contribution < 1.29 is 4.79 Å². The van der Waals surface area contributed by atoms with Gasteiger partial charge in [-0.15, -0.1) is 0 Å². The molecule has 92 valence electrons. The van der Waals surface area contributed by atoms with E-state index in [-0.39, 0.29) is 11.3 Å². The van der Waals surface area contributed by atoms with Crippen LogP contribution in [0, 0.1) is 5.41 Å². The van der Waals surface area contributed by atoms with Crippen LogP contribution < -0.4 is 5.73 Å². The van der Waals surface area contributed by atoms with E-state index in [1.54, 1.807) is 0 Å². The maximum atomic E-state index is 12.2. The van der Waals surface area contributed by atoms with Gasteiger partial charge in [0.2, 0.25) is 0 Å². The highest BCUT2D eigenvalue weighted by Gasteiger charge is 2.30. The van der Waals surface area contributed by atoms with E-state index < -0.39 is 0 Å². The van der Waals surface area contributed by atoms with Crippen molar-refractivity contribution in [2.24, 2.45) is 11.1 Å². The molecule has 0 aliphatic carbocycles. The van der Waals surface area contributed by atoms with E-state index in [0.29, 0.717) is 6.54 Å². The Labute approximate surface area is 103 Å². The van der Waals surface area contributed by atoms with E-state index in [0.717, 1.165) is 31.5 Å². The minimum Gasteiger partial charge on any atom is -0.339 e. The van der Waals surface area contributed by atoms with E-state index in [9.17, 15) is 4.79 Å². The number of likely N-dealkylation sites (tertiary alicyclic amines) is 1. The second-order valence-electron chi connectivity index (χ2n) is 5.17. The van der Waals surface area contributed by atoms with E-state index in [1.165, 1.54) is 0 Å². The fourth-order valence-electron chi connectivity index (χ4n) is 2.22. The number of piperidine rings is 1. The summed E-state index contributed by atoms with van der Waals surface area (Å²) >= 11 is 0. The molecule has 0 radical (unpaired) electrons. The summed E-state index contributed by atoms with van der Waals surface area (Å²) in [4.78, 5) is 14.1. The van der Waals surface area contributed by atoms with Gasteiger partial charge in [0.15, 0.2) is 0 Å². The van der Waals surface area contributed by atoms with Gasteiger partial charge in [-0.1, -0.05) is 25.1 Å². The quantitative estimate of drug-likeness (QED) is 0.846. The molecule has 2 N–H and O–H groups in total. The van der Waals surface area contributed by atoms with Crippen LogP contribution in [-0.2, 0) is 0 Å². The normalized spacial score (nSPS) is 19.1. The van der Waals surface area contributed by atoms with Crippen molar-refractivity contribution in [3.63, 3.8) is 0 Å². The third-order valence-corrected chi connectivity index (χ3v) is 3.77. The van der Waals surface area contributed by atoms with Gasteiger partial charge in [0.25, 0.3) is 5.91 Å². The van der Waals surface area contributed by atoms with Crippen LogP contribution in [0.1, 0.15) is 30.1 Å². The Balaban J connectivity index is 2.00. The molecule has 0 aromatic heterocycles. The lowest BCUT2D eigenvalue weighted by atomic mass is 9.80. The summed E-state index contributed by atoms with van der Waals surface area (Å²) < 4.78 is 0. The minimum absolute atomic E-state index is 0.143. The Kier molecular flexibility index (Phi) is 3.48. The Morgan fingerprint density at radius 1 is 1.29 bits per heavy atom. The molecule has 1 saturated heterocycles. The van der Waals surface area contributed by atoms with Gasteiger partial charge in [0.1, 0.15) is 0 Å². The molecule has 0 saturated carbocycles. The first-order chi connectivity index (χ1) is 8.14. The molecule has 1 amide bonds. The lowest BCUT2D eigenvalue weighted by Crippen LogP contribution is -2.44. The van der Waals surface area contributed by atoms with Crippen LogP contribution in [0.3, 0.4) is 0 Å². The Bertz CT molecular complexity index is 380. The first kappa shape index (κ1) is 12.1. The number of nitrogens with zero attached hydrogens (tertiary/aromatic N) is 1. The van der Waals surface area contributed by atoms with Crippen LogP contribution in [-0.4, -0.2) is 30.4 Å². The molecule has 0 unspecified atom stereocenters. The monoisotopic (exact) mass is 232 g/mol. The maximum absolute atomic E-state index is 12.2. The third-order valence-electron chi connectivity index (χ3n) is 3.77. The van der Waals surface area contributed by atoms with E-state index in [4.69, 9.17) is 5.73 Å². The zero-order valence-corrected chi connectivity index (χ0v) is 10.4. The number of nitrogens with two attached hydrogens (primary N) is 1. The zero-order chi connectivity index (χ0) is 12.3. The number of carbonyl (C=O) groups is 1. The highest BCUT2D eigenvalue weighted by atomic mass is 16.2. The standard InChI is InChI=1S/C14H20N2O/c1-14(11-15)7-9-16(10-8-14)13(17)12-5-3-2-4-6-12/h2-6H,7-11,15H2,1H3. The summed E-state index contributed by atoms with van der Waals surface area (Å²) in [6.07, 6.45) is 2.00. The summed E-state index contributed by atoms with van der Waals surface area (Å²) in [5.74, 6) is 0.143. The van der Waals surface area contributed by atoms with Crippen molar-refractivity contribution >= 4 is 5.91 Å². The Morgan fingerprint density at radius 2 is 1.88 bits per heavy atom. The molecule has 1 aromatic carbocycles. The van der Waals surface area contributed by atoms with Crippen molar-refractivity contribution in [2.75, 3.05) is 19.6 Å². The molecule has 2 rings (SSSR count). The smallest absolute Gasteiger partial charge is 0.253 e. The molecular formula is C14H20N2O. The maximum Gasteiger partial charge on any atom is 0.253 e. The largest absolute Gasteiger partial charge is 0.339 e. The molecule has 1 aliphatic rings. The van der Waals surface area contributed by atoms with Gasteiger partial charge in [-0.3, -0.25) is 4.79 Å². The van der Waals surface area contributed by atoms with Crippen molar-refractivity contribution in [1.82, 2.24) is 4.90 Å². The molecule has 0 atom stereocenters. The molecule has 1 fully saturated rings.